The summed E-state index contributed by atoms with van der Waals surface area (Å²) in [5.74, 6) is 0.968. The Hall–Kier alpha value is -2.98. The molecule has 2 aromatic rings. The van der Waals surface area contributed by atoms with Crippen LogP contribution in [-0.4, -0.2) is 26.2 Å². The van der Waals surface area contributed by atoms with Gasteiger partial charge in [-0.2, -0.15) is 5.26 Å². The number of benzene rings is 2. The van der Waals surface area contributed by atoms with E-state index >= 15 is 0 Å². The van der Waals surface area contributed by atoms with Gasteiger partial charge in [-0.3, -0.25) is 4.79 Å². The second-order valence-electron chi connectivity index (χ2n) is 5.42. The molecule has 0 heterocycles. The van der Waals surface area contributed by atoms with Crippen molar-refractivity contribution < 1.29 is 19.0 Å². The number of nitrogens with two attached hydrogens (primary N) is 1. The number of nitrogens with zero attached hydrogens (tertiary/aromatic N) is 1. The average Bonchev–Trinajstić information content (AvgIpc) is 2.65. The van der Waals surface area contributed by atoms with Gasteiger partial charge in [0, 0.05) is 0 Å². The van der Waals surface area contributed by atoms with Gasteiger partial charge in [0.05, 0.1) is 29.8 Å². The Kier molecular flexibility index (Phi) is 7.26. The van der Waals surface area contributed by atoms with E-state index in [-0.39, 0.29) is 6.61 Å². The molecule has 0 atom stereocenters. The summed E-state index contributed by atoms with van der Waals surface area (Å²) in [6.45, 7) is 1.99. The van der Waals surface area contributed by atoms with Crippen molar-refractivity contribution in [2.75, 3.05) is 20.3 Å². The van der Waals surface area contributed by atoms with E-state index in [1.54, 1.807) is 37.5 Å². The van der Waals surface area contributed by atoms with E-state index < -0.39 is 5.91 Å². The molecule has 0 spiro atoms. The molecule has 0 radical (unpaired) electrons. The van der Waals surface area contributed by atoms with Gasteiger partial charge in [0.1, 0.15) is 5.75 Å². The van der Waals surface area contributed by atoms with Gasteiger partial charge in [0.2, 0.25) is 0 Å². The Morgan fingerprint density at radius 1 is 1.26 bits per heavy atom. The number of nitriles is 1. The molecule has 0 saturated heterocycles. The normalized spacial score (nSPS) is 10.8. The summed E-state index contributed by atoms with van der Waals surface area (Å²) in [4.78, 5) is 11.0. The SMILES string of the molecule is CCOc1cc(/C=C(\C#N)c2ccc(OC)cc2)cc(Br)c1OCC(N)=O. The van der Waals surface area contributed by atoms with Gasteiger partial charge in [-0.05, 0) is 76.5 Å². The number of rotatable bonds is 8. The number of carbonyl (C=O) groups excluding carboxylic acids is 1. The highest BCUT2D eigenvalue weighted by Gasteiger charge is 2.13. The molecule has 0 bridgehead atoms. The number of carbonyl (C=O) groups is 1. The Bertz CT molecular complexity index is 886. The molecule has 0 aliphatic carbocycles. The minimum absolute atomic E-state index is 0.261. The fourth-order valence-corrected chi connectivity index (χ4v) is 2.91. The first-order valence-corrected chi connectivity index (χ1v) is 8.91. The van der Waals surface area contributed by atoms with Crippen molar-refractivity contribution in [3.63, 3.8) is 0 Å². The predicted octanol–water partition coefficient (Wildman–Crippen LogP) is 3.78. The molecule has 0 aliphatic heterocycles. The lowest BCUT2D eigenvalue weighted by Crippen LogP contribution is -2.20. The molecular formula is C20H19BrN2O4. The van der Waals surface area contributed by atoms with E-state index in [4.69, 9.17) is 19.9 Å². The van der Waals surface area contributed by atoms with Gasteiger partial charge in [-0.25, -0.2) is 0 Å². The third-order valence-corrected chi connectivity index (χ3v) is 4.11. The number of halogens is 1. The molecule has 0 saturated carbocycles. The molecule has 7 heteroatoms. The van der Waals surface area contributed by atoms with Crippen LogP contribution in [0, 0.1) is 11.3 Å². The monoisotopic (exact) mass is 430 g/mol. The molecule has 0 aliphatic rings. The van der Waals surface area contributed by atoms with Crippen LogP contribution in [0.2, 0.25) is 0 Å². The second kappa shape index (κ2) is 9.64. The highest BCUT2D eigenvalue weighted by atomic mass is 79.9. The average molecular weight is 431 g/mol. The number of ether oxygens (including phenoxy) is 3. The lowest BCUT2D eigenvalue weighted by Gasteiger charge is -2.14. The van der Waals surface area contributed by atoms with E-state index in [0.29, 0.717) is 33.9 Å². The van der Waals surface area contributed by atoms with Crippen LogP contribution in [0.5, 0.6) is 17.2 Å². The molecule has 0 aromatic heterocycles. The second-order valence-corrected chi connectivity index (χ2v) is 6.27. The molecule has 2 aromatic carbocycles. The maximum Gasteiger partial charge on any atom is 0.255 e. The fourth-order valence-electron chi connectivity index (χ4n) is 2.33. The van der Waals surface area contributed by atoms with Crippen LogP contribution < -0.4 is 19.9 Å². The Morgan fingerprint density at radius 3 is 2.52 bits per heavy atom. The molecule has 2 rings (SSSR count). The van der Waals surface area contributed by atoms with E-state index in [1.165, 1.54) is 0 Å². The van der Waals surface area contributed by atoms with Gasteiger partial charge < -0.3 is 19.9 Å². The van der Waals surface area contributed by atoms with E-state index in [0.717, 1.165) is 11.1 Å². The molecule has 0 unspecified atom stereocenters. The number of primary amides is 1. The Morgan fingerprint density at radius 2 is 1.96 bits per heavy atom. The van der Waals surface area contributed by atoms with Crippen LogP contribution in [0.1, 0.15) is 18.1 Å². The van der Waals surface area contributed by atoms with Crippen LogP contribution in [0.4, 0.5) is 0 Å². The van der Waals surface area contributed by atoms with Gasteiger partial charge in [-0.1, -0.05) is 0 Å². The van der Waals surface area contributed by atoms with Crippen molar-refractivity contribution in [2.24, 2.45) is 5.73 Å². The fraction of sp³-hybridized carbons (Fsp3) is 0.200. The molecule has 1 amide bonds. The van der Waals surface area contributed by atoms with Crippen molar-refractivity contribution in [1.82, 2.24) is 0 Å². The predicted molar refractivity (Wildman–Crippen MR) is 106 cm³/mol. The first-order chi connectivity index (χ1) is 13.0. The highest BCUT2D eigenvalue weighted by Crippen LogP contribution is 2.38. The van der Waals surface area contributed by atoms with Crippen molar-refractivity contribution in [2.45, 2.75) is 6.92 Å². The largest absolute Gasteiger partial charge is 0.497 e. The lowest BCUT2D eigenvalue weighted by atomic mass is 10.0. The molecule has 6 nitrogen and oxygen atoms in total. The summed E-state index contributed by atoms with van der Waals surface area (Å²) in [6.07, 6.45) is 1.74. The van der Waals surface area contributed by atoms with Gasteiger partial charge >= 0.3 is 0 Å². The van der Waals surface area contributed by atoms with E-state index in [2.05, 4.69) is 22.0 Å². The molecular weight excluding hydrogens is 412 g/mol. The minimum Gasteiger partial charge on any atom is -0.497 e. The zero-order valence-electron chi connectivity index (χ0n) is 15.0. The Labute approximate surface area is 166 Å². The summed E-state index contributed by atoms with van der Waals surface area (Å²) in [5.41, 5.74) is 7.13. The zero-order chi connectivity index (χ0) is 19.8. The summed E-state index contributed by atoms with van der Waals surface area (Å²) in [7, 11) is 1.59. The van der Waals surface area contributed by atoms with Crippen LogP contribution in [0.3, 0.4) is 0 Å². The first kappa shape index (κ1) is 20.3. The maximum absolute atomic E-state index is 11.0. The number of allylic oxidation sites excluding steroid dienone is 1. The summed E-state index contributed by atoms with van der Waals surface area (Å²) < 4.78 is 16.8. The van der Waals surface area contributed by atoms with Crippen LogP contribution in [-0.2, 0) is 4.79 Å². The van der Waals surface area contributed by atoms with E-state index in [1.807, 2.05) is 19.1 Å². The van der Waals surface area contributed by atoms with Gasteiger partial charge in [0.15, 0.2) is 18.1 Å². The number of hydrogen-bond donors (Lipinski definition) is 1. The molecule has 140 valence electrons. The van der Waals surface area contributed by atoms with Gasteiger partial charge in [-0.15, -0.1) is 0 Å². The first-order valence-electron chi connectivity index (χ1n) is 8.12. The van der Waals surface area contributed by atoms with Crippen molar-refractivity contribution in [3.05, 3.63) is 52.0 Å². The quantitative estimate of drug-likeness (QED) is 0.507. The lowest BCUT2D eigenvalue weighted by molar-refractivity contribution is -0.119. The summed E-state index contributed by atoms with van der Waals surface area (Å²) in [5, 5.41) is 9.54. The number of amides is 1. The molecule has 0 fully saturated rings. The topological polar surface area (TPSA) is 94.6 Å². The third kappa shape index (κ3) is 5.50. The smallest absolute Gasteiger partial charge is 0.255 e. The Balaban J connectivity index is 2.42. The van der Waals surface area contributed by atoms with Crippen LogP contribution in [0.15, 0.2) is 40.9 Å². The molecule has 27 heavy (non-hydrogen) atoms. The molecule has 2 N–H and O–H groups in total. The number of hydrogen-bond acceptors (Lipinski definition) is 5. The van der Waals surface area contributed by atoms with Crippen LogP contribution >= 0.6 is 15.9 Å². The highest BCUT2D eigenvalue weighted by molar-refractivity contribution is 9.10. The zero-order valence-corrected chi connectivity index (χ0v) is 16.6. The minimum atomic E-state index is -0.584. The summed E-state index contributed by atoms with van der Waals surface area (Å²) in [6, 6.07) is 12.9. The van der Waals surface area contributed by atoms with Gasteiger partial charge in [0.25, 0.3) is 5.91 Å². The maximum atomic E-state index is 11.0. The van der Waals surface area contributed by atoms with Crippen molar-refractivity contribution in [1.29, 1.82) is 5.26 Å². The van der Waals surface area contributed by atoms with Crippen LogP contribution in [0.25, 0.3) is 11.6 Å². The standard InChI is InChI=1S/C20H19BrN2O4/c1-3-26-18-10-13(9-17(21)20(18)27-12-19(23)24)8-15(11-22)14-4-6-16(25-2)7-5-14/h4-10H,3,12H2,1-2H3,(H2,23,24)/b15-8+. The third-order valence-electron chi connectivity index (χ3n) is 3.52. The van der Waals surface area contributed by atoms with E-state index in [9.17, 15) is 10.1 Å². The summed E-state index contributed by atoms with van der Waals surface area (Å²) >= 11 is 3.42. The number of methoxy groups -OCH3 is 1. The van der Waals surface area contributed by atoms with Crippen molar-refractivity contribution >= 4 is 33.5 Å². The van der Waals surface area contributed by atoms with Crippen molar-refractivity contribution in [3.8, 4) is 23.3 Å².